The molecule has 0 saturated heterocycles. The molecule has 1 amide bonds. The van der Waals surface area contributed by atoms with Crippen molar-refractivity contribution in [3.63, 3.8) is 0 Å². The number of amides is 1. The zero-order valence-electron chi connectivity index (χ0n) is 32.0. The number of hydrazine groups is 1. The number of hydrogen-bond acceptors (Lipinski definition) is 7. The second-order valence-corrected chi connectivity index (χ2v) is 18.4. The van der Waals surface area contributed by atoms with Crippen molar-refractivity contribution >= 4 is 23.6 Å². The van der Waals surface area contributed by atoms with Crippen molar-refractivity contribution in [2.75, 3.05) is 0 Å². The molecule has 5 aliphatic carbocycles. The van der Waals surface area contributed by atoms with Crippen LogP contribution in [0.15, 0.2) is 35.4 Å². The molecule has 1 N–H and O–H groups in total. The summed E-state index contributed by atoms with van der Waals surface area (Å²) in [5.41, 5.74) is 7.17. The number of nitrogens with one attached hydrogen (secondary N) is 1. The number of hydrogen-bond donors (Lipinski definition) is 1. The predicted octanol–water partition coefficient (Wildman–Crippen LogP) is 8.43. The van der Waals surface area contributed by atoms with Crippen LogP contribution in [0.4, 0.5) is 0 Å². The monoisotopic (exact) mass is 688 g/mol. The highest BCUT2D eigenvalue weighted by molar-refractivity contribution is 6.06. The lowest BCUT2D eigenvalue weighted by molar-refractivity contribution is -0.267. The van der Waals surface area contributed by atoms with Gasteiger partial charge >= 0.3 is 11.9 Å². The van der Waals surface area contributed by atoms with Crippen molar-refractivity contribution in [1.29, 1.82) is 0 Å². The molecule has 1 aromatic carbocycles. The minimum atomic E-state index is -0.993. The molecule has 274 valence electrons. The molecule has 8 heteroatoms. The third-order valence-electron chi connectivity index (χ3n) is 15.0. The Labute approximate surface area is 299 Å². The van der Waals surface area contributed by atoms with Gasteiger partial charge in [-0.3, -0.25) is 15.0 Å². The van der Waals surface area contributed by atoms with Crippen LogP contribution in [0.5, 0.6) is 0 Å². The Morgan fingerprint density at radius 3 is 2.08 bits per heavy atom. The molecule has 1 aromatic rings. The lowest BCUT2D eigenvalue weighted by Crippen LogP contribution is -2.64. The van der Waals surface area contributed by atoms with Crippen molar-refractivity contribution in [2.24, 2.45) is 50.7 Å². The Hall–Kier alpha value is -3.00. The van der Waals surface area contributed by atoms with Gasteiger partial charge in [0.25, 0.3) is 0 Å². The first-order valence-electron chi connectivity index (χ1n) is 19.2. The van der Waals surface area contributed by atoms with E-state index in [0.29, 0.717) is 23.2 Å². The van der Waals surface area contributed by atoms with Crippen LogP contribution < -0.4 is 5.43 Å². The van der Waals surface area contributed by atoms with Crippen molar-refractivity contribution in [1.82, 2.24) is 10.4 Å². The number of allylic oxidation sites excluding steroid dienone is 1. The fraction of sp³-hybridized carbons (Fsp3) is 0.714. The molecular weight excluding hydrogens is 628 g/mol. The number of benzene rings is 1. The van der Waals surface area contributed by atoms with Gasteiger partial charge in [-0.15, -0.1) is 0 Å². The first-order chi connectivity index (χ1) is 23.4. The van der Waals surface area contributed by atoms with Crippen molar-refractivity contribution in [2.45, 2.75) is 140 Å². The van der Waals surface area contributed by atoms with Gasteiger partial charge in [0.2, 0.25) is 5.91 Å². The smallest absolute Gasteiger partial charge is 0.294 e. The number of Topliss-reactive ketones (excluding diaryl/α,β-unsaturated/α-hetero) is 1. The second kappa shape index (κ2) is 12.9. The summed E-state index contributed by atoms with van der Waals surface area (Å²) >= 11 is 0. The van der Waals surface area contributed by atoms with Crippen LogP contribution in [0.25, 0.3) is 0 Å². The van der Waals surface area contributed by atoms with Crippen LogP contribution in [0.3, 0.4) is 0 Å². The van der Waals surface area contributed by atoms with Gasteiger partial charge in [-0.2, -0.15) is 0 Å². The normalized spacial score (nSPS) is 36.9. The van der Waals surface area contributed by atoms with Gasteiger partial charge in [-0.1, -0.05) is 79.2 Å². The molecule has 50 heavy (non-hydrogen) atoms. The van der Waals surface area contributed by atoms with Crippen LogP contribution >= 0.6 is 0 Å². The van der Waals surface area contributed by atoms with Gasteiger partial charge in [-0.25, -0.2) is 24.4 Å². The molecule has 4 saturated carbocycles. The predicted molar refractivity (Wildman–Crippen MR) is 191 cm³/mol. The fourth-order valence-corrected chi connectivity index (χ4v) is 12.8. The summed E-state index contributed by atoms with van der Waals surface area (Å²) in [5.74, 6) is 0.489. The summed E-state index contributed by atoms with van der Waals surface area (Å²) in [6.45, 7) is 21.2. The van der Waals surface area contributed by atoms with E-state index in [1.54, 1.807) is 0 Å². The van der Waals surface area contributed by atoms with Gasteiger partial charge in [-0.05, 0) is 119 Å². The van der Waals surface area contributed by atoms with Crippen molar-refractivity contribution in [3.8, 4) is 0 Å². The van der Waals surface area contributed by atoms with E-state index in [-0.39, 0.29) is 40.8 Å². The number of rotatable bonds is 3. The largest absolute Gasteiger partial charge is 0.366 e. The standard InChI is InChI=1S/C32H48O5.C10H12N2O/c1-19(2)25-22(34)18-32(27(35)37-36-20(3)33)17-16-30(7)21(26(25)32)10-11-24-29(6)14-9-13-28(4,5)23(29)12-15-31(24,30)8;1-8(13)11-12-6-9-4-2-3-5-10(9)7-12/h19,21,23-24H,9-18H2,1-8H3;2-5H,6-7H2,1H3,(H,11,13)/t21-,23+,24-,29+,30-,31-,32-;/m1./s1. The number of ketones is 1. The summed E-state index contributed by atoms with van der Waals surface area (Å²) in [6.07, 6.45) is 10.3. The van der Waals surface area contributed by atoms with E-state index in [9.17, 15) is 19.2 Å². The van der Waals surface area contributed by atoms with Gasteiger partial charge in [0.15, 0.2) is 5.78 Å². The molecule has 6 aliphatic rings. The highest BCUT2D eigenvalue weighted by atomic mass is 17.2. The quantitative estimate of drug-likeness (QED) is 0.251. The first kappa shape index (κ1) is 36.8. The van der Waals surface area contributed by atoms with Gasteiger partial charge < -0.3 is 0 Å². The first-order valence-corrected chi connectivity index (χ1v) is 19.2. The van der Waals surface area contributed by atoms with Crippen molar-refractivity contribution in [3.05, 3.63) is 46.5 Å². The molecular formula is C42H60N2O6. The zero-order valence-corrected chi connectivity index (χ0v) is 32.0. The topological polar surface area (TPSA) is 102 Å². The molecule has 0 bridgehead atoms. The van der Waals surface area contributed by atoms with Gasteiger partial charge in [0.05, 0.1) is 0 Å². The van der Waals surface area contributed by atoms with Crippen LogP contribution in [0, 0.1) is 50.7 Å². The Kier molecular flexibility index (Phi) is 9.48. The molecule has 0 aromatic heterocycles. The summed E-state index contributed by atoms with van der Waals surface area (Å²) in [5, 5.41) is 1.92. The fourth-order valence-electron chi connectivity index (χ4n) is 12.8. The van der Waals surface area contributed by atoms with E-state index >= 15 is 0 Å². The summed E-state index contributed by atoms with van der Waals surface area (Å²) in [6, 6.07) is 8.24. The van der Waals surface area contributed by atoms with Crippen LogP contribution in [-0.4, -0.2) is 28.6 Å². The van der Waals surface area contributed by atoms with E-state index in [2.05, 4.69) is 66.0 Å². The average molecular weight is 689 g/mol. The summed E-state index contributed by atoms with van der Waals surface area (Å²) in [4.78, 5) is 59.2. The highest BCUT2D eigenvalue weighted by Gasteiger charge is 2.70. The van der Waals surface area contributed by atoms with E-state index in [1.165, 1.54) is 57.1 Å². The van der Waals surface area contributed by atoms with Crippen LogP contribution in [0.2, 0.25) is 0 Å². The molecule has 0 spiro atoms. The molecule has 8 nitrogen and oxygen atoms in total. The lowest BCUT2D eigenvalue weighted by Gasteiger charge is -2.71. The zero-order chi connectivity index (χ0) is 36.4. The second-order valence-electron chi connectivity index (χ2n) is 18.4. The Bertz CT molecular complexity index is 1570. The van der Waals surface area contributed by atoms with Crippen LogP contribution in [0.1, 0.15) is 138 Å². The maximum absolute atomic E-state index is 13.6. The van der Waals surface area contributed by atoms with E-state index in [1.807, 2.05) is 17.1 Å². The number of fused-ring (bicyclic) bond motifs is 8. The van der Waals surface area contributed by atoms with Crippen molar-refractivity contribution < 1.29 is 29.0 Å². The molecule has 7 rings (SSSR count). The van der Waals surface area contributed by atoms with Gasteiger partial charge in [0.1, 0.15) is 5.41 Å². The Balaban J connectivity index is 0.000000278. The Morgan fingerprint density at radius 2 is 1.48 bits per heavy atom. The third kappa shape index (κ3) is 5.76. The average Bonchev–Trinajstić information content (AvgIpc) is 3.57. The van der Waals surface area contributed by atoms with Gasteiger partial charge in [0, 0.05) is 33.4 Å². The van der Waals surface area contributed by atoms with E-state index in [4.69, 9.17) is 9.78 Å². The minimum Gasteiger partial charge on any atom is -0.294 e. The Morgan fingerprint density at radius 1 is 0.820 bits per heavy atom. The molecule has 1 heterocycles. The van der Waals surface area contributed by atoms with Crippen LogP contribution in [-0.2, 0) is 42.0 Å². The minimum absolute atomic E-state index is 0.00666. The highest BCUT2D eigenvalue weighted by Crippen LogP contribution is 2.76. The summed E-state index contributed by atoms with van der Waals surface area (Å²) < 4.78 is 0. The number of carbonyl (C=O) groups is 4. The molecule has 1 aliphatic heterocycles. The molecule has 4 fully saturated rings. The maximum Gasteiger partial charge on any atom is 0.366 e. The summed E-state index contributed by atoms with van der Waals surface area (Å²) in [7, 11) is 0. The molecule has 0 radical (unpaired) electrons. The lowest BCUT2D eigenvalue weighted by atomic mass is 9.33. The molecule has 7 atom stereocenters. The van der Waals surface area contributed by atoms with E-state index in [0.717, 1.165) is 49.4 Å². The third-order valence-corrected chi connectivity index (χ3v) is 15.0. The molecule has 0 unspecified atom stereocenters. The number of carbonyl (C=O) groups excluding carboxylic acids is 4. The maximum atomic E-state index is 13.6. The number of nitrogens with zero attached hydrogens (tertiary/aromatic N) is 1. The SMILES string of the molecule is CC(=O)NN1Cc2ccccc2C1.CC(=O)OOC(=O)[C@@]12CC[C@]3(C)[C@H](CC[C@@H]4[C@@]5(C)CCCC(C)(C)[C@@H]5CC[C@]43C)C1=C(C(C)C)C(=O)C2. The van der Waals surface area contributed by atoms with E-state index < -0.39 is 17.4 Å².